The fourth-order valence-corrected chi connectivity index (χ4v) is 3.95. The van der Waals surface area contributed by atoms with Gasteiger partial charge in [0.25, 0.3) is 0 Å². The molecule has 0 fully saturated rings. The first-order valence-electron chi connectivity index (χ1n) is 9.61. The van der Waals surface area contributed by atoms with Crippen molar-refractivity contribution in [1.29, 1.82) is 0 Å². The quantitative estimate of drug-likeness (QED) is 0.529. The number of carbonyl (C=O) groups excluding carboxylic acids is 1. The topological polar surface area (TPSA) is 55.1 Å². The van der Waals surface area contributed by atoms with Gasteiger partial charge in [-0.1, -0.05) is 54.6 Å². The minimum Gasteiger partial charge on any atom is -0.441 e. The summed E-state index contributed by atoms with van der Waals surface area (Å²) in [4.78, 5) is 16.8. The number of nitrogens with zero attached hydrogens (tertiary/aromatic N) is 1. The number of amides is 1. The molecule has 0 saturated carbocycles. The molecule has 1 aliphatic carbocycles. The van der Waals surface area contributed by atoms with Crippen LogP contribution in [0.15, 0.2) is 71.3 Å². The van der Waals surface area contributed by atoms with Crippen LogP contribution in [0.1, 0.15) is 23.4 Å². The number of aryl methyl sites for hydroxylation is 3. The molecule has 4 aromatic rings. The molecule has 4 nitrogen and oxygen atoms in total. The number of rotatable bonds is 5. The largest absolute Gasteiger partial charge is 0.441 e. The number of aromatic nitrogens is 1. The number of nitrogens with one attached hydrogen (secondary N) is 1. The first-order chi connectivity index (χ1) is 13.8. The van der Waals surface area contributed by atoms with Crippen LogP contribution in [0.4, 0.5) is 5.69 Å². The van der Waals surface area contributed by atoms with Crippen molar-refractivity contribution in [3.63, 3.8) is 0 Å². The second-order valence-electron chi connectivity index (χ2n) is 7.14. The molecule has 1 heterocycles. The molecule has 0 spiro atoms. The maximum absolute atomic E-state index is 12.5. The summed E-state index contributed by atoms with van der Waals surface area (Å²) in [7, 11) is 0. The van der Waals surface area contributed by atoms with E-state index in [1.165, 1.54) is 16.5 Å². The van der Waals surface area contributed by atoms with E-state index in [0.717, 1.165) is 35.2 Å². The Balaban J connectivity index is 1.28. The Bertz CT molecular complexity index is 1150. The van der Waals surface area contributed by atoms with Gasteiger partial charge in [-0.3, -0.25) is 4.79 Å². The first kappa shape index (κ1) is 16.8. The molecule has 1 amide bonds. The van der Waals surface area contributed by atoms with Crippen molar-refractivity contribution in [2.24, 2.45) is 0 Å². The average Bonchev–Trinajstić information content (AvgIpc) is 3.38. The van der Waals surface area contributed by atoms with Crippen LogP contribution >= 0.6 is 0 Å². The summed E-state index contributed by atoms with van der Waals surface area (Å²) in [6.07, 6.45) is 4.68. The Morgan fingerprint density at radius 3 is 2.64 bits per heavy atom. The van der Waals surface area contributed by atoms with Gasteiger partial charge >= 0.3 is 0 Å². The van der Waals surface area contributed by atoms with Crippen LogP contribution in [0.5, 0.6) is 0 Å². The van der Waals surface area contributed by atoms with Gasteiger partial charge in [-0.25, -0.2) is 4.98 Å². The lowest BCUT2D eigenvalue weighted by Gasteiger charge is -2.10. The van der Waals surface area contributed by atoms with Crippen molar-refractivity contribution in [2.75, 3.05) is 5.32 Å². The van der Waals surface area contributed by atoms with Crippen LogP contribution in [-0.2, 0) is 24.1 Å². The van der Waals surface area contributed by atoms with Crippen LogP contribution in [0.25, 0.3) is 22.1 Å². The normalized spacial score (nSPS) is 12.4. The van der Waals surface area contributed by atoms with E-state index in [0.29, 0.717) is 18.7 Å². The number of oxazole rings is 1. The SMILES string of the molecule is O=C(CCc1ncc(-c2ccccc2)o1)Nc1ccc2c3c(cccc13)CC2. The number of benzene rings is 3. The predicted molar refractivity (Wildman–Crippen MR) is 110 cm³/mol. The molecule has 1 aliphatic rings. The molecule has 0 saturated heterocycles. The fourth-order valence-electron chi connectivity index (χ4n) is 3.95. The fraction of sp³-hybridized carbons (Fsp3) is 0.167. The van der Waals surface area contributed by atoms with Crippen LogP contribution in [0.3, 0.4) is 0 Å². The van der Waals surface area contributed by atoms with Gasteiger partial charge in [0.1, 0.15) is 0 Å². The molecule has 4 heteroatoms. The summed E-state index contributed by atoms with van der Waals surface area (Å²) in [6, 6.07) is 20.3. The smallest absolute Gasteiger partial charge is 0.224 e. The van der Waals surface area contributed by atoms with Crippen LogP contribution in [0.2, 0.25) is 0 Å². The Morgan fingerprint density at radius 1 is 0.964 bits per heavy atom. The highest BCUT2D eigenvalue weighted by molar-refractivity contribution is 6.05. The molecule has 0 radical (unpaired) electrons. The van der Waals surface area contributed by atoms with Crippen molar-refractivity contribution in [3.8, 4) is 11.3 Å². The summed E-state index contributed by atoms with van der Waals surface area (Å²) in [5.41, 5.74) is 4.61. The minimum absolute atomic E-state index is 0.0295. The van der Waals surface area contributed by atoms with Crippen molar-refractivity contribution >= 4 is 22.4 Å². The Kier molecular flexibility index (Phi) is 4.17. The number of hydrogen-bond acceptors (Lipinski definition) is 3. The number of anilines is 1. The van der Waals surface area contributed by atoms with E-state index < -0.39 is 0 Å². The zero-order chi connectivity index (χ0) is 18.9. The molecule has 0 atom stereocenters. The lowest BCUT2D eigenvalue weighted by atomic mass is 10.0. The molecule has 0 bridgehead atoms. The highest BCUT2D eigenvalue weighted by Crippen LogP contribution is 2.35. The Morgan fingerprint density at radius 2 is 1.79 bits per heavy atom. The van der Waals surface area contributed by atoms with E-state index >= 15 is 0 Å². The third kappa shape index (κ3) is 3.07. The van der Waals surface area contributed by atoms with Gasteiger partial charge in [0.2, 0.25) is 5.91 Å². The van der Waals surface area contributed by atoms with E-state index in [-0.39, 0.29) is 5.91 Å². The molecular weight excluding hydrogens is 348 g/mol. The second-order valence-corrected chi connectivity index (χ2v) is 7.14. The number of hydrogen-bond donors (Lipinski definition) is 1. The third-order valence-electron chi connectivity index (χ3n) is 5.33. The van der Waals surface area contributed by atoms with Gasteiger partial charge in [0, 0.05) is 29.5 Å². The molecule has 5 rings (SSSR count). The molecule has 28 heavy (non-hydrogen) atoms. The molecule has 0 aliphatic heterocycles. The van der Waals surface area contributed by atoms with Crippen molar-refractivity contribution < 1.29 is 9.21 Å². The van der Waals surface area contributed by atoms with E-state index in [2.05, 4.69) is 34.6 Å². The van der Waals surface area contributed by atoms with Crippen molar-refractivity contribution in [3.05, 3.63) is 83.9 Å². The highest BCUT2D eigenvalue weighted by atomic mass is 16.4. The maximum Gasteiger partial charge on any atom is 0.224 e. The van der Waals surface area contributed by atoms with Gasteiger partial charge in [-0.05, 0) is 35.4 Å². The zero-order valence-corrected chi connectivity index (χ0v) is 15.4. The molecular formula is C24H20N2O2. The van der Waals surface area contributed by atoms with Crippen molar-refractivity contribution in [2.45, 2.75) is 25.7 Å². The third-order valence-corrected chi connectivity index (χ3v) is 5.33. The highest BCUT2D eigenvalue weighted by Gasteiger charge is 2.17. The van der Waals surface area contributed by atoms with Crippen LogP contribution in [-0.4, -0.2) is 10.9 Å². The standard InChI is InChI=1S/C24H20N2O2/c27-22(13-14-23-25-15-21(28-23)16-5-2-1-3-6-16)26-20-12-11-18-10-9-17-7-4-8-19(20)24(17)18/h1-8,11-12,15H,9-10,13-14H2,(H,26,27). The van der Waals surface area contributed by atoms with E-state index in [9.17, 15) is 4.79 Å². The first-order valence-corrected chi connectivity index (χ1v) is 9.61. The monoisotopic (exact) mass is 368 g/mol. The van der Waals surface area contributed by atoms with Gasteiger partial charge in [0.15, 0.2) is 11.7 Å². The zero-order valence-electron chi connectivity index (χ0n) is 15.4. The summed E-state index contributed by atoms with van der Waals surface area (Å²) in [5, 5.41) is 5.50. The molecule has 3 aromatic carbocycles. The van der Waals surface area contributed by atoms with Gasteiger partial charge in [-0.2, -0.15) is 0 Å². The van der Waals surface area contributed by atoms with Gasteiger partial charge in [0.05, 0.1) is 6.20 Å². The van der Waals surface area contributed by atoms with Gasteiger partial charge < -0.3 is 9.73 Å². The lowest BCUT2D eigenvalue weighted by Crippen LogP contribution is -2.12. The Labute approximate surface area is 163 Å². The number of carbonyl (C=O) groups is 1. The summed E-state index contributed by atoms with van der Waals surface area (Å²) in [5.74, 6) is 1.27. The molecule has 1 N–H and O–H groups in total. The average molecular weight is 368 g/mol. The maximum atomic E-state index is 12.5. The second kappa shape index (κ2) is 6.97. The van der Waals surface area contributed by atoms with E-state index in [1.807, 2.05) is 36.4 Å². The van der Waals surface area contributed by atoms with Crippen molar-refractivity contribution in [1.82, 2.24) is 4.98 Å². The van der Waals surface area contributed by atoms with Crippen LogP contribution in [0, 0.1) is 0 Å². The lowest BCUT2D eigenvalue weighted by molar-refractivity contribution is -0.116. The van der Waals surface area contributed by atoms with Gasteiger partial charge in [-0.15, -0.1) is 0 Å². The summed E-state index contributed by atoms with van der Waals surface area (Å²) >= 11 is 0. The predicted octanol–water partition coefficient (Wildman–Crippen LogP) is 5.16. The summed E-state index contributed by atoms with van der Waals surface area (Å²) in [6.45, 7) is 0. The molecule has 138 valence electrons. The van der Waals surface area contributed by atoms with E-state index in [1.54, 1.807) is 6.20 Å². The molecule has 1 aromatic heterocycles. The minimum atomic E-state index is -0.0295. The van der Waals surface area contributed by atoms with Crippen LogP contribution < -0.4 is 5.32 Å². The Hall–Kier alpha value is -3.40. The molecule has 0 unspecified atom stereocenters. The van der Waals surface area contributed by atoms with E-state index in [4.69, 9.17) is 4.42 Å². The summed E-state index contributed by atoms with van der Waals surface area (Å²) < 4.78 is 5.79.